The Morgan fingerprint density at radius 1 is 1.18 bits per heavy atom. The summed E-state index contributed by atoms with van der Waals surface area (Å²) in [7, 11) is 0. The molecule has 0 nitrogen and oxygen atoms in total. The predicted molar refractivity (Wildman–Crippen MR) is 39.4 cm³/mol. The van der Waals surface area contributed by atoms with E-state index < -0.39 is 12.6 Å². The van der Waals surface area contributed by atoms with E-state index >= 15 is 0 Å². The van der Waals surface area contributed by atoms with Gasteiger partial charge in [0.1, 0.15) is 0 Å². The molecule has 0 heterocycles. The average Bonchev–Trinajstić information content (AvgIpc) is 1.83. The number of halogens is 3. The van der Waals surface area contributed by atoms with Crippen LogP contribution < -0.4 is 0 Å². The predicted octanol–water partition coefficient (Wildman–Crippen LogP) is 3.77. The fourth-order valence-electron chi connectivity index (χ4n) is 1.05. The largest absolute Gasteiger partial charge is 0.389 e. The second-order valence-corrected chi connectivity index (χ2v) is 3.05. The summed E-state index contributed by atoms with van der Waals surface area (Å²) >= 11 is 0. The van der Waals surface area contributed by atoms with Crippen LogP contribution in [-0.2, 0) is 0 Å². The van der Waals surface area contributed by atoms with Crippen LogP contribution in [0.1, 0.15) is 39.5 Å². The molecule has 11 heavy (non-hydrogen) atoms. The highest BCUT2D eigenvalue weighted by Gasteiger charge is 2.26. The fraction of sp³-hybridized carbons (Fsp3) is 1.00. The molecule has 1 unspecified atom stereocenters. The van der Waals surface area contributed by atoms with Gasteiger partial charge in [-0.15, -0.1) is 0 Å². The van der Waals surface area contributed by atoms with E-state index in [0.29, 0.717) is 0 Å². The third-order valence-electron chi connectivity index (χ3n) is 1.70. The van der Waals surface area contributed by atoms with E-state index in [1.807, 2.05) is 13.8 Å². The van der Waals surface area contributed by atoms with E-state index in [1.165, 1.54) is 0 Å². The van der Waals surface area contributed by atoms with Gasteiger partial charge in [-0.05, 0) is 12.3 Å². The van der Waals surface area contributed by atoms with Gasteiger partial charge in [-0.3, -0.25) is 0 Å². The Morgan fingerprint density at radius 3 is 2.09 bits per heavy atom. The summed E-state index contributed by atoms with van der Waals surface area (Å²) in [5, 5.41) is 0. The van der Waals surface area contributed by atoms with Gasteiger partial charge in [-0.25, -0.2) is 0 Å². The zero-order chi connectivity index (χ0) is 8.91. The van der Waals surface area contributed by atoms with Crippen molar-refractivity contribution < 1.29 is 13.2 Å². The van der Waals surface area contributed by atoms with Crippen molar-refractivity contribution in [3.63, 3.8) is 0 Å². The average molecular weight is 168 g/mol. The molecule has 0 bridgehead atoms. The summed E-state index contributed by atoms with van der Waals surface area (Å²) in [5.41, 5.74) is 0. The van der Waals surface area contributed by atoms with Crippen LogP contribution in [0.2, 0.25) is 0 Å². The van der Waals surface area contributed by atoms with Crippen molar-refractivity contribution in [3.05, 3.63) is 0 Å². The van der Waals surface area contributed by atoms with Crippen LogP contribution >= 0.6 is 0 Å². The molecule has 0 aliphatic carbocycles. The summed E-state index contributed by atoms with van der Waals surface area (Å²) in [4.78, 5) is 0. The Kier molecular flexibility index (Phi) is 4.54. The maximum atomic E-state index is 11.7. The third kappa shape index (κ3) is 7.69. The van der Waals surface area contributed by atoms with Crippen molar-refractivity contribution in [1.82, 2.24) is 0 Å². The summed E-state index contributed by atoms with van der Waals surface area (Å²) in [5.74, 6) is 0.210. The highest BCUT2D eigenvalue weighted by Crippen LogP contribution is 2.25. The fourth-order valence-corrected chi connectivity index (χ4v) is 1.05. The van der Waals surface area contributed by atoms with Crippen molar-refractivity contribution in [3.8, 4) is 0 Å². The van der Waals surface area contributed by atoms with Crippen LogP contribution in [0.5, 0.6) is 0 Å². The molecule has 1 atom stereocenters. The monoisotopic (exact) mass is 168 g/mol. The van der Waals surface area contributed by atoms with Gasteiger partial charge in [0.05, 0.1) is 0 Å². The Hall–Kier alpha value is -0.210. The van der Waals surface area contributed by atoms with Gasteiger partial charge < -0.3 is 0 Å². The second kappa shape index (κ2) is 4.62. The van der Waals surface area contributed by atoms with Crippen LogP contribution in [-0.4, -0.2) is 6.18 Å². The minimum Gasteiger partial charge on any atom is -0.171 e. The van der Waals surface area contributed by atoms with Gasteiger partial charge in [0, 0.05) is 6.42 Å². The molecule has 0 saturated carbocycles. The molecule has 68 valence electrons. The Labute approximate surface area is 65.8 Å². The molecule has 0 aliphatic rings. The summed E-state index contributed by atoms with van der Waals surface area (Å²) in [6.07, 6.45) is -2.46. The van der Waals surface area contributed by atoms with Gasteiger partial charge in [0.25, 0.3) is 0 Å². The molecule has 0 radical (unpaired) electrons. The maximum absolute atomic E-state index is 11.7. The van der Waals surface area contributed by atoms with Gasteiger partial charge >= 0.3 is 6.18 Å². The molecule has 0 rings (SSSR count). The van der Waals surface area contributed by atoms with Crippen molar-refractivity contribution in [2.24, 2.45) is 5.92 Å². The Morgan fingerprint density at radius 2 is 1.73 bits per heavy atom. The lowest BCUT2D eigenvalue weighted by Crippen LogP contribution is -2.09. The van der Waals surface area contributed by atoms with Crippen LogP contribution in [0.15, 0.2) is 0 Å². The van der Waals surface area contributed by atoms with Gasteiger partial charge in [-0.2, -0.15) is 13.2 Å². The van der Waals surface area contributed by atoms with Crippen molar-refractivity contribution in [2.45, 2.75) is 45.7 Å². The molecule has 0 aliphatic heterocycles. The zero-order valence-electron chi connectivity index (χ0n) is 7.04. The van der Waals surface area contributed by atoms with E-state index in [9.17, 15) is 13.2 Å². The second-order valence-electron chi connectivity index (χ2n) is 3.05. The molecular formula is C8H15F3. The summed E-state index contributed by atoms with van der Waals surface area (Å²) in [6.45, 7) is 3.86. The molecule has 3 heteroatoms. The molecule has 0 spiro atoms. The first-order valence-electron chi connectivity index (χ1n) is 4.02. The van der Waals surface area contributed by atoms with Crippen molar-refractivity contribution in [1.29, 1.82) is 0 Å². The lowest BCUT2D eigenvalue weighted by molar-refractivity contribution is -0.137. The topological polar surface area (TPSA) is 0 Å². The number of rotatable bonds is 4. The van der Waals surface area contributed by atoms with Crippen LogP contribution in [0.3, 0.4) is 0 Å². The van der Waals surface area contributed by atoms with Gasteiger partial charge in [0.15, 0.2) is 0 Å². The third-order valence-corrected chi connectivity index (χ3v) is 1.70. The van der Waals surface area contributed by atoms with Crippen LogP contribution in [0.4, 0.5) is 13.2 Å². The highest BCUT2D eigenvalue weighted by atomic mass is 19.4. The van der Waals surface area contributed by atoms with Crippen LogP contribution in [0, 0.1) is 5.92 Å². The molecule has 0 fully saturated rings. The van der Waals surface area contributed by atoms with E-state index in [1.54, 1.807) is 0 Å². The zero-order valence-corrected chi connectivity index (χ0v) is 7.04. The van der Waals surface area contributed by atoms with E-state index in [4.69, 9.17) is 0 Å². The van der Waals surface area contributed by atoms with Crippen molar-refractivity contribution in [2.75, 3.05) is 0 Å². The maximum Gasteiger partial charge on any atom is 0.389 e. The first-order chi connectivity index (χ1) is 4.95. The number of hydrogen-bond acceptors (Lipinski definition) is 0. The SMILES string of the molecule is CCCC(C)CCC(F)(F)F. The van der Waals surface area contributed by atoms with Crippen LogP contribution in [0.25, 0.3) is 0 Å². The molecule has 0 aromatic heterocycles. The Balaban J connectivity index is 3.38. The quantitative estimate of drug-likeness (QED) is 0.599. The van der Waals surface area contributed by atoms with E-state index in [2.05, 4.69) is 0 Å². The molecule has 0 amide bonds. The van der Waals surface area contributed by atoms with E-state index in [0.717, 1.165) is 12.8 Å². The Bertz CT molecular complexity index is 96.0. The minimum absolute atomic E-state index is 0.210. The van der Waals surface area contributed by atoms with Gasteiger partial charge in [0.2, 0.25) is 0 Å². The molecule has 0 aromatic rings. The number of hydrogen-bond donors (Lipinski definition) is 0. The van der Waals surface area contributed by atoms with Gasteiger partial charge in [-0.1, -0.05) is 26.7 Å². The molecular weight excluding hydrogens is 153 g/mol. The minimum atomic E-state index is -3.97. The number of alkyl halides is 3. The van der Waals surface area contributed by atoms with Crippen molar-refractivity contribution >= 4 is 0 Å². The molecule has 0 N–H and O–H groups in total. The standard InChI is InChI=1S/C8H15F3/c1-3-4-7(2)5-6-8(9,10)11/h7H,3-6H2,1-2H3. The first kappa shape index (κ1) is 10.8. The van der Waals surface area contributed by atoms with E-state index in [-0.39, 0.29) is 12.3 Å². The lowest BCUT2D eigenvalue weighted by Gasteiger charge is -2.11. The smallest absolute Gasteiger partial charge is 0.171 e. The normalized spacial score (nSPS) is 15.0. The molecule has 0 aromatic carbocycles. The summed E-state index contributed by atoms with van der Waals surface area (Å²) in [6, 6.07) is 0. The summed E-state index contributed by atoms with van der Waals surface area (Å²) < 4.78 is 35.0. The first-order valence-corrected chi connectivity index (χ1v) is 4.02. The lowest BCUT2D eigenvalue weighted by atomic mass is 10.0. The highest BCUT2D eigenvalue weighted by molar-refractivity contribution is 4.56. The molecule has 0 saturated heterocycles.